The third-order valence-corrected chi connectivity index (χ3v) is 4.96. The van der Waals surface area contributed by atoms with Gasteiger partial charge in [0.25, 0.3) is 0 Å². The Bertz CT molecular complexity index is 990. The van der Waals surface area contributed by atoms with Crippen LogP contribution in [0, 0.1) is 6.92 Å². The van der Waals surface area contributed by atoms with Gasteiger partial charge < -0.3 is 19.2 Å². The SMILES string of the molecule is CC(=O)N[C@@H]1CN(C(=O)Cc2noc3ccccc23)C[C@H]1c1ccc(C)o1. The lowest BCUT2D eigenvalue weighted by atomic mass is 10.0. The van der Waals surface area contributed by atoms with Crippen LogP contribution in [0.2, 0.25) is 0 Å². The molecule has 2 aromatic heterocycles. The quantitative estimate of drug-likeness (QED) is 0.765. The van der Waals surface area contributed by atoms with E-state index in [1.807, 2.05) is 43.3 Å². The maximum Gasteiger partial charge on any atom is 0.228 e. The molecular formula is C20H21N3O4. The molecule has 7 nitrogen and oxygen atoms in total. The summed E-state index contributed by atoms with van der Waals surface area (Å²) < 4.78 is 11.0. The average molecular weight is 367 g/mol. The predicted octanol–water partition coefficient (Wildman–Crippen LogP) is 2.40. The first-order valence-corrected chi connectivity index (χ1v) is 8.96. The van der Waals surface area contributed by atoms with E-state index in [-0.39, 0.29) is 30.2 Å². The first-order valence-electron chi connectivity index (χ1n) is 8.96. The van der Waals surface area contributed by atoms with Crippen molar-refractivity contribution in [3.63, 3.8) is 0 Å². The van der Waals surface area contributed by atoms with Crippen molar-refractivity contribution in [3.8, 4) is 0 Å². The van der Waals surface area contributed by atoms with Crippen LogP contribution in [-0.4, -0.2) is 41.0 Å². The maximum atomic E-state index is 12.9. The molecule has 1 aliphatic heterocycles. The lowest BCUT2D eigenvalue weighted by Gasteiger charge is -2.16. The predicted molar refractivity (Wildman–Crippen MR) is 98.1 cm³/mol. The molecule has 0 saturated carbocycles. The Morgan fingerprint density at radius 3 is 2.78 bits per heavy atom. The second-order valence-electron chi connectivity index (χ2n) is 6.96. The molecule has 7 heteroatoms. The summed E-state index contributed by atoms with van der Waals surface area (Å²) >= 11 is 0. The largest absolute Gasteiger partial charge is 0.466 e. The number of likely N-dealkylation sites (tertiary alicyclic amines) is 1. The Labute approximate surface area is 156 Å². The molecule has 0 aliphatic carbocycles. The smallest absolute Gasteiger partial charge is 0.228 e. The van der Waals surface area contributed by atoms with Gasteiger partial charge in [0.15, 0.2) is 5.58 Å². The number of nitrogens with zero attached hydrogens (tertiary/aromatic N) is 2. The van der Waals surface area contributed by atoms with Crippen LogP contribution in [-0.2, 0) is 16.0 Å². The van der Waals surface area contributed by atoms with Gasteiger partial charge in [-0.15, -0.1) is 0 Å². The maximum absolute atomic E-state index is 12.9. The fourth-order valence-electron chi connectivity index (χ4n) is 3.68. The molecule has 3 aromatic rings. The van der Waals surface area contributed by atoms with Crippen LogP contribution < -0.4 is 5.32 Å². The van der Waals surface area contributed by atoms with Crippen molar-refractivity contribution >= 4 is 22.8 Å². The highest BCUT2D eigenvalue weighted by molar-refractivity contribution is 5.86. The summed E-state index contributed by atoms with van der Waals surface area (Å²) in [6.45, 7) is 4.30. The molecule has 0 unspecified atom stereocenters. The lowest BCUT2D eigenvalue weighted by molar-refractivity contribution is -0.130. The summed E-state index contributed by atoms with van der Waals surface area (Å²) in [5.74, 6) is 1.36. The number of amides is 2. The van der Waals surface area contributed by atoms with Gasteiger partial charge in [-0.1, -0.05) is 17.3 Å². The molecule has 4 rings (SSSR count). The van der Waals surface area contributed by atoms with Crippen LogP contribution in [0.15, 0.2) is 45.3 Å². The average Bonchev–Trinajstić information content (AvgIpc) is 3.34. The molecule has 0 spiro atoms. The molecule has 27 heavy (non-hydrogen) atoms. The first-order chi connectivity index (χ1) is 13.0. The van der Waals surface area contributed by atoms with Crippen LogP contribution in [0.25, 0.3) is 11.0 Å². The number of benzene rings is 1. The zero-order chi connectivity index (χ0) is 19.0. The molecule has 1 N–H and O–H groups in total. The number of carbonyl (C=O) groups is 2. The molecule has 2 atom stereocenters. The van der Waals surface area contributed by atoms with Gasteiger partial charge in [-0.3, -0.25) is 9.59 Å². The Morgan fingerprint density at radius 1 is 1.22 bits per heavy atom. The molecular weight excluding hydrogens is 346 g/mol. The van der Waals surface area contributed by atoms with E-state index in [1.54, 1.807) is 4.90 Å². The molecule has 0 radical (unpaired) electrons. The van der Waals surface area contributed by atoms with Gasteiger partial charge in [0.2, 0.25) is 11.8 Å². The Balaban J connectivity index is 1.52. The Kier molecular flexibility index (Phi) is 4.43. The van der Waals surface area contributed by atoms with Crippen LogP contribution in [0.4, 0.5) is 0 Å². The van der Waals surface area contributed by atoms with Gasteiger partial charge in [0, 0.05) is 25.4 Å². The minimum Gasteiger partial charge on any atom is -0.466 e. The van der Waals surface area contributed by atoms with Crippen molar-refractivity contribution in [2.75, 3.05) is 13.1 Å². The second-order valence-corrected chi connectivity index (χ2v) is 6.96. The van der Waals surface area contributed by atoms with E-state index in [0.29, 0.717) is 24.4 Å². The summed E-state index contributed by atoms with van der Waals surface area (Å²) in [5.41, 5.74) is 1.30. The summed E-state index contributed by atoms with van der Waals surface area (Å²) in [6, 6.07) is 11.1. The number of furan rings is 1. The zero-order valence-corrected chi connectivity index (χ0v) is 15.3. The lowest BCUT2D eigenvalue weighted by Crippen LogP contribution is -2.39. The number of fused-ring (bicyclic) bond motifs is 1. The van der Waals surface area contributed by atoms with Crippen molar-refractivity contribution in [2.45, 2.75) is 32.2 Å². The number of nitrogens with one attached hydrogen (secondary N) is 1. The summed E-state index contributed by atoms with van der Waals surface area (Å²) in [7, 11) is 0. The van der Waals surface area contributed by atoms with E-state index in [4.69, 9.17) is 8.94 Å². The second kappa shape index (κ2) is 6.90. The number of rotatable bonds is 4. The molecule has 1 saturated heterocycles. The van der Waals surface area contributed by atoms with Gasteiger partial charge in [0.1, 0.15) is 17.2 Å². The van der Waals surface area contributed by atoms with Gasteiger partial charge in [-0.05, 0) is 31.2 Å². The van der Waals surface area contributed by atoms with Crippen LogP contribution in [0.1, 0.15) is 30.1 Å². The topological polar surface area (TPSA) is 88.6 Å². The molecule has 0 bridgehead atoms. The first kappa shape index (κ1) is 17.3. The van der Waals surface area contributed by atoms with Crippen molar-refractivity contribution < 1.29 is 18.5 Å². The van der Waals surface area contributed by atoms with Crippen molar-refractivity contribution in [1.29, 1.82) is 0 Å². The third kappa shape index (κ3) is 3.45. The van der Waals surface area contributed by atoms with Crippen molar-refractivity contribution in [2.24, 2.45) is 0 Å². The normalized spacial score (nSPS) is 19.6. The Hall–Kier alpha value is -3.09. The summed E-state index contributed by atoms with van der Waals surface area (Å²) in [5, 5.41) is 7.84. The number of hydrogen-bond donors (Lipinski definition) is 1. The van der Waals surface area contributed by atoms with Crippen molar-refractivity contribution in [3.05, 3.63) is 53.6 Å². The molecule has 140 valence electrons. The highest BCUT2D eigenvalue weighted by Crippen LogP contribution is 2.30. The molecule has 1 aromatic carbocycles. The van der Waals surface area contributed by atoms with E-state index < -0.39 is 0 Å². The number of aromatic nitrogens is 1. The molecule has 1 fully saturated rings. The molecule has 3 heterocycles. The fourth-order valence-corrected chi connectivity index (χ4v) is 3.68. The van der Waals surface area contributed by atoms with Crippen molar-refractivity contribution in [1.82, 2.24) is 15.4 Å². The van der Waals surface area contributed by atoms with Crippen LogP contribution >= 0.6 is 0 Å². The summed E-state index contributed by atoms with van der Waals surface area (Å²) in [4.78, 5) is 26.2. The summed E-state index contributed by atoms with van der Waals surface area (Å²) in [6.07, 6.45) is 0.160. The van der Waals surface area contributed by atoms with Crippen LogP contribution in [0.5, 0.6) is 0 Å². The van der Waals surface area contributed by atoms with Gasteiger partial charge in [-0.25, -0.2) is 0 Å². The van der Waals surface area contributed by atoms with E-state index in [2.05, 4.69) is 10.5 Å². The monoisotopic (exact) mass is 367 g/mol. The third-order valence-electron chi connectivity index (χ3n) is 4.96. The number of para-hydroxylation sites is 1. The zero-order valence-electron chi connectivity index (χ0n) is 15.3. The minimum absolute atomic E-state index is 0.0461. The van der Waals surface area contributed by atoms with E-state index in [0.717, 1.165) is 16.9 Å². The Morgan fingerprint density at radius 2 is 2.04 bits per heavy atom. The van der Waals surface area contributed by atoms with E-state index >= 15 is 0 Å². The van der Waals surface area contributed by atoms with Gasteiger partial charge >= 0.3 is 0 Å². The molecule has 2 amide bonds. The highest BCUT2D eigenvalue weighted by atomic mass is 16.5. The highest BCUT2D eigenvalue weighted by Gasteiger charge is 2.38. The van der Waals surface area contributed by atoms with Gasteiger partial charge in [-0.2, -0.15) is 0 Å². The standard InChI is InChI=1S/C20H21N3O4/c1-12-7-8-18(26-12)15-10-23(11-17(15)21-13(2)24)20(25)9-16-14-5-3-4-6-19(14)27-22-16/h3-8,15,17H,9-11H2,1-2H3,(H,21,24)/t15-,17-/m1/s1. The number of hydrogen-bond acceptors (Lipinski definition) is 5. The van der Waals surface area contributed by atoms with E-state index in [1.165, 1.54) is 6.92 Å². The number of aryl methyl sites for hydroxylation is 1. The molecule has 1 aliphatic rings. The number of carbonyl (C=O) groups excluding carboxylic acids is 2. The van der Waals surface area contributed by atoms with Crippen LogP contribution in [0.3, 0.4) is 0 Å². The van der Waals surface area contributed by atoms with Gasteiger partial charge in [0.05, 0.1) is 18.4 Å². The fraction of sp³-hybridized carbons (Fsp3) is 0.350. The van der Waals surface area contributed by atoms with E-state index in [9.17, 15) is 9.59 Å². The minimum atomic E-state index is -0.175.